The first kappa shape index (κ1) is 28.6. The van der Waals surface area contributed by atoms with E-state index in [1.165, 1.54) is 77.7 Å². The molecule has 0 N–H and O–H groups in total. The molecule has 2 atom stereocenters. The van der Waals surface area contributed by atoms with Gasteiger partial charge < -0.3 is 9.13 Å². The van der Waals surface area contributed by atoms with Crippen LogP contribution in [0.5, 0.6) is 0 Å². The van der Waals surface area contributed by atoms with Crippen molar-refractivity contribution in [2.24, 2.45) is 14.1 Å². The quantitative estimate of drug-likeness (QED) is 0.174. The number of aryl methyl sites for hydroxylation is 2. The number of nitrogens with zero attached hydrogens (tertiary/aromatic N) is 2. The zero-order chi connectivity index (χ0) is 31.8. The van der Waals surface area contributed by atoms with Crippen molar-refractivity contribution in [3.8, 4) is 22.3 Å². The minimum Gasteiger partial charge on any atom is -0.349 e. The highest BCUT2D eigenvalue weighted by atomic mass is 28.3. The predicted molar refractivity (Wildman–Crippen MR) is 195 cm³/mol. The van der Waals surface area contributed by atoms with Crippen LogP contribution in [0.3, 0.4) is 0 Å². The van der Waals surface area contributed by atoms with Gasteiger partial charge >= 0.3 is 0 Å². The smallest absolute Gasteiger partial charge is 0.0485 e. The van der Waals surface area contributed by atoms with Crippen LogP contribution in [0.2, 0.25) is 13.1 Å². The van der Waals surface area contributed by atoms with Crippen molar-refractivity contribution in [3.05, 3.63) is 119 Å². The van der Waals surface area contributed by atoms with Crippen LogP contribution in [-0.4, -0.2) is 17.2 Å². The van der Waals surface area contributed by atoms with E-state index in [2.05, 4.69) is 163 Å². The third-order valence-corrected chi connectivity index (χ3v) is 15.5. The first-order valence-corrected chi connectivity index (χ1v) is 19.8. The molecule has 2 aromatic heterocycles. The Morgan fingerprint density at radius 1 is 0.533 bits per heavy atom. The van der Waals surface area contributed by atoms with Crippen LogP contribution in [0.4, 0.5) is 0 Å². The summed E-state index contributed by atoms with van der Waals surface area (Å²) < 4.78 is 5.10. The van der Waals surface area contributed by atoms with E-state index in [1.807, 2.05) is 0 Å². The van der Waals surface area contributed by atoms with Crippen molar-refractivity contribution in [1.82, 2.24) is 9.13 Å². The number of benzene rings is 4. The Balaban J connectivity index is 1.41. The molecular formula is C42H46N2Si-. The number of hydrogen-bond acceptors (Lipinski definition) is 0. The Labute approximate surface area is 269 Å². The molecule has 6 aromatic rings. The van der Waals surface area contributed by atoms with Gasteiger partial charge in [0.15, 0.2) is 0 Å². The lowest BCUT2D eigenvalue weighted by Crippen LogP contribution is -2.43. The Hall–Kier alpha value is -3.82. The monoisotopic (exact) mass is 606 g/mol. The van der Waals surface area contributed by atoms with Crippen molar-refractivity contribution in [2.75, 3.05) is 0 Å². The Morgan fingerprint density at radius 3 is 1.29 bits per heavy atom. The van der Waals surface area contributed by atoms with Gasteiger partial charge in [0.25, 0.3) is 0 Å². The molecule has 0 radical (unpaired) electrons. The lowest BCUT2D eigenvalue weighted by molar-refractivity contribution is 0.591. The molecule has 0 bridgehead atoms. The Bertz CT molecular complexity index is 2040. The number of fused-ring (bicyclic) bond motifs is 10. The second kappa shape index (κ2) is 9.13. The molecule has 45 heavy (non-hydrogen) atoms. The van der Waals surface area contributed by atoms with Crippen molar-refractivity contribution >= 4 is 29.9 Å². The number of rotatable bonds is 2. The van der Waals surface area contributed by atoms with Crippen LogP contribution in [0.25, 0.3) is 44.1 Å². The van der Waals surface area contributed by atoms with Gasteiger partial charge in [-0.1, -0.05) is 124 Å². The highest BCUT2D eigenvalue weighted by Gasteiger charge is 2.45. The Morgan fingerprint density at radius 2 is 0.911 bits per heavy atom. The van der Waals surface area contributed by atoms with Crippen molar-refractivity contribution in [1.29, 1.82) is 0 Å². The van der Waals surface area contributed by atoms with E-state index in [4.69, 9.17) is 0 Å². The van der Waals surface area contributed by atoms with E-state index >= 15 is 0 Å². The third kappa shape index (κ3) is 3.80. The molecule has 0 fully saturated rings. The van der Waals surface area contributed by atoms with Crippen LogP contribution in [-0.2, 0) is 24.9 Å². The van der Waals surface area contributed by atoms with Crippen molar-refractivity contribution in [2.45, 2.75) is 76.5 Å². The van der Waals surface area contributed by atoms with Gasteiger partial charge in [-0.15, -0.1) is 8.07 Å². The maximum Gasteiger partial charge on any atom is 0.0485 e. The van der Waals surface area contributed by atoms with Crippen LogP contribution < -0.4 is 0 Å². The van der Waals surface area contributed by atoms with E-state index in [0.717, 1.165) is 0 Å². The fraction of sp³-hybridized carbons (Fsp3) is 0.333. The van der Waals surface area contributed by atoms with Gasteiger partial charge in [-0.2, -0.15) is 13.1 Å². The lowest BCUT2D eigenvalue weighted by atomic mass is 9.86. The standard InChI is InChI=1S/C42H46N2Si/c1-41(2,3)25-19-21-33-31(23-25)35-27-15-11-13-17-29(27)39(37(35)43(33)7)45(9,10)40-30-18-14-12-16-28(30)36-32-24-26(42(4,5)6)20-22-34(32)44(8)38(36)40/h11-24,39-40H,1-10H3/q-1. The second-order valence-corrected chi connectivity index (χ2v) is 21.3. The first-order valence-electron chi connectivity index (χ1n) is 16.7. The van der Waals surface area contributed by atoms with Gasteiger partial charge in [0.1, 0.15) is 0 Å². The summed E-state index contributed by atoms with van der Waals surface area (Å²) in [5, 5.41) is 2.82. The maximum atomic E-state index is 2.68. The highest BCUT2D eigenvalue weighted by molar-refractivity contribution is 6.82. The van der Waals surface area contributed by atoms with E-state index in [1.54, 1.807) is 0 Å². The normalized spacial score (nSPS) is 17.6. The molecule has 0 aliphatic heterocycles. The molecule has 0 saturated carbocycles. The van der Waals surface area contributed by atoms with Gasteiger partial charge in [0, 0.05) is 58.4 Å². The molecule has 0 saturated heterocycles. The molecule has 2 aliphatic rings. The SMILES string of the molecule is Cn1c2c(c3cc(C(C)(C)C)ccc31)-c1ccccc1C2[Si-](C)(C)C1c2ccccc2-c2c1n(C)c1ccc(C(C)(C)C)cc21. The summed E-state index contributed by atoms with van der Waals surface area (Å²) in [5.74, 6) is 0. The summed E-state index contributed by atoms with van der Waals surface area (Å²) in [6, 6.07) is 33.1. The average molecular weight is 607 g/mol. The zero-order valence-electron chi connectivity index (χ0n) is 28.6. The van der Waals surface area contributed by atoms with E-state index in [0.29, 0.717) is 11.1 Å². The molecule has 229 valence electrons. The van der Waals surface area contributed by atoms with Crippen LogP contribution >= 0.6 is 0 Å². The molecule has 2 heterocycles. The molecule has 2 aliphatic carbocycles. The second-order valence-electron chi connectivity index (χ2n) is 16.5. The van der Waals surface area contributed by atoms with E-state index in [9.17, 15) is 0 Å². The fourth-order valence-corrected chi connectivity index (χ4v) is 13.5. The van der Waals surface area contributed by atoms with Gasteiger partial charge in [-0.05, 0) is 57.3 Å². The summed E-state index contributed by atoms with van der Waals surface area (Å²) in [5.41, 5.74) is 18.4. The van der Waals surface area contributed by atoms with Crippen molar-refractivity contribution in [3.63, 3.8) is 0 Å². The molecule has 0 spiro atoms. The predicted octanol–water partition coefficient (Wildman–Crippen LogP) is 11.0. The van der Waals surface area contributed by atoms with Gasteiger partial charge in [-0.25, -0.2) is 0 Å². The zero-order valence-corrected chi connectivity index (χ0v) is 29.6. The molecule has 4 aromatic carbocycles. The van der Waals surface area contributed by atoms with Crippen LogP contribution in [0.1, 0.15) is 86.3 Å². The van der Waals surface area contributed by atoms with Gasteiger partial charge in [-0.3, -0.25) is 0 Å². The molecule has 3 heteroatoms. The largest absolute Gasteiger partial charge is 0.349 e. The maximum absolute atomic E-state index is 2.68. The number of aromatic nitrogens is 2. The van der Waals surface area contributed by atoms with Crippen LogP contribution in [0, 0.1) is 0 Å². The minimum absolute atomic E-state index is 0.105. The Kier molecular flexibility index (Phi) is 5.81. The summed E-state index contributed by atoms with van der Waals surface area (Å²) in [6.45, 7) is 19.3. The summed E-state index contributed by atoms with van der Waals surface area (Å²) in [4.78, 5) is 0. The van der Waals surface area contributed by atoms with Gasteiger partial charge in [0.05, 0.1) is 0 Å². The summed E-state index contributed by atoms with van der Waals surface area (Å²) in [7, 11) is 2.47. The molecule has 2 unspecified atom stereocenters. The summed E-state index contributed by atoms with van der Waals surface area (Å²) >= 11 is 0. The van der Waals surface area contributed by atoms with E-state index in [-0.39, 0.29) is 10.8 Å². The third-order valence-electron chi connectivity index (χ3n) is 11.3. The molecule has 2 nitrogen and oxygen atoms in total. The average Bonchev–Trinajstić information content (AvgIpc) is 3.68. The van der Waals surface area contributed by atoms with Gasteiger partial charge in [0.2, 0.25) is 0 Å². The fourth-order valence-electron chi connectivity index (χ4n) is 9.02. The lowest BCUT2D eigenvalue weighted by Gasteiger charge is -2.48. The molecular weight excluding hydrogens is 561 g/mol. The molecule has 0 amide bonds. The van der Waals surface area contributed by atoms with E-state index < -0.39 is 8.07 Å². The topological polar surface area (TPSA) is 9.86 Å². The summed E-state index contributed by atoms with van der Waals surface area (Å²) in [6.07, 6.45) is 0. The minimum atomic E-state index is -2.17. The van der Waals surface area contributed by atoms with Crippen LogP contribution in [0.15, 0.2) is 84.9 Å². The highest BCUT2D eigenvalue weighted by Crippen LogP contribution is 2.60. The number of hydrogen-bond donors (Lipinski definition) is 0. The van der Waals surface area contributed by atoms with Crippen molar-refractivity contribution < 1.29 is 0 Å². The first-order chi connectivity index (χ1) is 21.2. The molecule has 8 rings (SSSR count).